The molecule has 2 aliphatic carbocycles. The van der Waals surface area contributed by atoms with Gasteiger partial charge in [-0.05, 0) is 57.3 Å². The van der Waals surface area contributed by atoms with Gasteiger partial charge in [0.25, 0.3) is 0 Å². The van der Waals surface area contributed by atoms with Crippen LogP contribution in [0.2, 0.25) is 0 Å². The Morgan fingerprint density at radius 2 is 1.72 bits per heavy atom. The van der Waals surface area contributed by atoms with Gasteiger partial charge in [0.15, 0.2) is 0 Å². The Hall–Kier alpha value is -1.88. The average Bonchev–Trinajstić information content (AvgIpc) is 3.11. The minimum Gasteiger partial charge on any atom is -0.465 e. The molecule has 5 heteroatoms. The fourth-order valence-electron chi connectivity index (χ4n) is 5.02. The van der Waals surface area contributed by atoms with Gasteiger partial charge in [0, 0.05) is 19.8 Å². The number of aliphatic hydroxyl groups excluding tert-OH is 1. The summed E-state index contributed by atoms with van der Waals surface area (Å²) in [5.74, 6) is -0.378. The SMILES string of the molecule is CC(=O)OC[C@H]1[C@H]([C@@H]2[C@H](C)C=C[C@H]2O)[C@H](/C(C)=C\CC=C(C)C)C[C@H]1OC(C)=O. The van der Waals surface area contributed by atoms with Crippen molar-refractivity contribution in [2.75, 3.05) is 6.61 Å². The van der Waals surface area contributed by atoms with E-state index in [1.54, 1.807) is 0 Å². The number of hydrogen-bond acceptors (Lipinski definition) is 5. The van der Waals surface area contributed by atoms with Gasteiger partial charge < -0.3 is 14.6 Å². The second-order valence-electron chi connectivity index (χ2n) is 8.81. The maximum Gasteiger partial charge on any atom is 0.302 e. The number of carbonyl (C=O) groups excluding carboxylic acids is 2. The van der Waals surface area contributed by atoms with Crippen LogP contribution in [-0.4, -0.2) is 35.9 Å². The molecular formula is C24H36O5. The molecule has 2 rings (SSSR count). The van der Waals surface area contributed by atoms with Gasteiger partial charge in [-0.3, -0.25) is 9.59 Å². The van der Waals surface area contributed by atoms with Gasteiger partial charge in [-0.2, -0.15) is 0 Å². The third kappa shape index (κ3) is 6.05. The van der Waals surface area contributed by atoms with Crippen LogP contribution in [0.1, 0.15) is 54.4 Å². The third-order valence-electron chi connectivity index (χ3n) is 6.33. The van der Waals surface area contributed by atoms with E-state index in [1.807, 2.05) is 6.08 Å². The summed E-state index contributed by atoms with van der Waals surface area (Å²) < 4.78 is 11.0. The number of hydrogen-bond donors (Lipinski definition) is 1. The fourth-order valence-corrected chi connectivity index (χ4v) is 5.02. The Labute approximate surface area is 174 Å². The highest BCUT2D eigenvalue weighted by atomic mass is 16.6. The van der Waals surface area contributed by atoms with Crippen molar-refractivity contribution >= 4 is 11.9 Å². The van der Waals surface area contributed by atoms with Crippen LogP contribution in [0.15, 0.2) is 35.5 Å². The van der Waals surface area contributed by atoms with Crippen LogP contribution in [0.5, 0.6) is 0 Å². The summed E-state index contributed by atoms with van der Waals surface area (Å²) in [4.78, 5) is 23.2. The average molecular weight is 405 g/mol. The fraction of sp³-hybridized carbons (Fsp3) is 0.667. The second kappa shape index (κ2) is 10.2. The number of esters is 2. The first-order valence-electron chi connectivity index (χ1n) is 10.6. The highest BCUT2D eigenvalue weighted by molar-refractivity contribution is 5.66. The molecule has 7 atom stereocenters. The molecule has 0 bridgehead atoms. The highest BCUT2D eigenvalue weighted by Gasteiger charge is 2.52. The largest absolute Gasteiger partial charge is 0.465 e. The molecule has 0 radical (unpaired) electrons. The molecule has 29 heavy (non-hydrogen) atoms. The molecule has 1 saturated carbocycles. The standard InChI is InChI=1S/C24H36O5/c1-14(2)8-7-9-15(3)19-12-22(29-18(6)26)20(13-28-17(5)25)24(19)23-16(4)10-11-21(23)27/h8-11,16,19-24,27H,7,12-13H2,1-6H3/b15-9-/t16-,19+,20-,21-,22-,23-,24-/m1/s1. The van der Waals surface area contributed by atoms with E-state index in [2.05, 4.69) is 45.9 Å². The van der Waals surface area contributed by atoms with Crippen molar-refractivity contribution in [2.24, 2.45) is 29.6 Å². The monoisotopic (exact) mass is 404 g/mol. The lowest BCUT2D eigenvalue weighted by Crippen LogP contribution is -2.38. The van der Waals surface area contributed by atoms with Crippen LogP contribution >= 0.6 is 0 Å². The van der Waals surface area contributed by atoms with Crippen molar-refractivity contribution in [2.45, 2.75) is 66.6 Å². The maximum absolute atomic E-state index is 11.7. The van der Waals surface area contributed by atoms with Gasteiger partial charge in [-0.25, -0.2) is 0 Å². The first kappa shape index (κ1) is 23.4. The van der Waals surface area contributed by atoms with E-state index in [0.717, 1.165) is 6.42 Å². The lowest BCUT2D eigenvalue weighted by molar-refractivity contribution is -0.152. The van der Waals surface area contributed by atoms with Crippen molar-refractivity contribution in [1.82, 2.24) is 0 Å². The number of aliphatic hydroxyl groups is 1. The predicted octanol–water partition coefficient (Wildman–Crippen LogP) is 4.22. The lowest BCUT2D eigenvalue weighted by atomic mass is 9.71. The Bertz CT molecular complexity index is 673. The third-order valence-corrected chi connectivity index (χ3v) is 6.33. The van der Waals surface area contributed by atoms with Crippen LogP contribution in [0.25, 0.3) is 0 Å². The Morgan fingerprint density at radius 3 is 2.24 bits per heavy atom. The zero-order valence-electron chi connectivity index (χ0n) is 18.6. The van der Waals surface area contributed by atoms with Crippen molar-refractivity contribution in [3.05, 3.63) is 35.5 Å². The van der Waals surface area contributed by atoms with Crippen molar-refractivity contribution in [3.63, 3.8) is 0 Å². The number of ether oxygens (including phenoxy) is 2. The second-order valence-corrected chi connectivity index (χ2v) is 8.81. The summed E-state index contributed by atoms with van der Waals surface area (Å²) in [6.07, 6.45) is 8.99. The van der Waals surface area contributed by atoms with E-state index < -0.39 is 6.10 Å². The molecule has 0 heterocycles. The topological polar surface area (TPSA) is 72.8 Å². The zero-order valence-corrected chi connectivity index (χ0v) is 18.6. The van der Waals surface area contributed by atoms with Gasteiger partial charge in [0.1, 0.15) is 6.10 Å². The first-order chi connectivity index (χ1) is 13.6. The molecule has 1 N–H and O–H groups in total. The summed E-state index contributed by atoms with van der Waals surface area (Å²) in [5, 5.41) is 10.7. The summed E-state index contributed by atoms with van der Waals surface area (Å²) in [5.41, 5.74) is 2.51. The molecule has 0 aromatic carbocycles. The van der Waals surface area contributed by atoms with E-state index in [-0.39, 0.29) is 54.2 Å². The first-order valence-corrected chi connectivity index (χ1v) is 10.6. The van der Waals surface area contributed by atoms with Crippen molar-refractivity contribution < 1.29 is 24.2 Å². The Morgan fingerprint density at radius 1 is 1.03 bits per heavy atom. The minimum absolute atomic E-state index is 0.00733. The van der Waals surface area contributed by atoms with E-state index in [0.29, 0.717) is 6.42 Å². The number of allylic oxidation sites excluding steroid dienone is 5. The van der Waals surface area contributed by atoms with Gasteiger partial charge in [-0.15, -0.1) is 0 Å². The predicted molar refractivity (Wildman–Crippen MR) is 113 cm³/mol. The molecule has 0 unspecified atom stereocenters. The van der Waals surface area contributed by atoms with Gasteiger partial charge in [0.05, 0.1) is 12.7 Å². The quantitative estimate of drug-likeness (QED) is 0.508. The maximum atomic E-state index is 11.7. The summed E-state index contributed by atoms with van der Waals surface area (Å²) in [6, 6.07) is 0. The van der Waals surface area contributed by atoms with E-state index in [1.165, 1.54) is 25.0 Å². The van der Waals surface area contributed by atoms with Crippen LogP contribution in [-0.2, 0) is 19.1 Å². The molecule has 2 aliphatic rings. The van der Waals surface area contributed by atoms with Crippen molar-refractivity contribution in [3.8, 4) is 0 Å². The van der Waals surface area contributed by atoms with Crippen LogP contribution in [0, 0.1) is 29.6 Å². The summed E-state index contributed by atoms with van der Waals surface area (Å²) in [7, 11) is 0. The van der Waals surface area contributed by atoms with Crippen LogP contribution < -0.4 is 0 Å². The molecule has 0 saturated heterocycles. The summed E-state index contributed by atoms with van der Waals surface area (Å²) >= 11 is 0. The molecule has 1 fully saturated rings. The molecule has 5 nitrogen and oxygen atoms in total. The molecule has 162 valence electrons. The zero-order chi connectivity index (χ0) is 21.7. The normalized spacial score (nSPS) is 34.2. The smallest absolute Gasteiger partial charge is 0.302 e. The molecule has 0 amide bonds. The van der Waals surface area contributed by atoms with E-state index in [9.17, 15) is 14.7 Å². The number of carbonyl (C=O) groups is 2. The van der Waals surface area contributed by atoms with E-state index >= 15 is 0 Å². The van der Waals surface area contributed by atoms with Crippen LogP contribution in [0.3, 0.4) is 0 Å². The number of rotatable bonds is 7. The lowest BCUT2D eigenvalue weighted by Gasteiger charge is -2.35. The molecule has 0 aromatic heterocycles. The Balaban J connectivity index is 2.38. The molecule has 0 spiro atoms. The summed E-state index contributed by atoms with van der Waals surface area (Å²) in [6.45, 7) is 11.4. The van der Waals surface area contributed by atoms with Gasteiger partial charge >= 0.3 is 11.9 Å². The molecular weight excluding hydrogens is 368 g/mol. The highest BCUT2D eigenvalue weighted by Crippen LogP contribution is 2.51. The van der Waals surface area contributed by atoms with Crippen LogP contribution in [0.4, 0.5) is 0 Å². The Kier molecular flexibility index (Phi) is 8.26. The van der Waals surface area contributed by atoms with Gasteiger partial charge in [-0.1, -0.05) is 42.4 Å². The molecule has 0 aliphatic heterocycles. The van der Waals surface area contributed by atoms with Crippen molar-refractivity contribution in [1.29, 1.82) is 0 Å². The van der Waals surface area contributed by atoms with E-state index in [4.69, 9.17) is 9.47 Å². The molecule has 0 aromatic rings. The minimum atomic E-state index is -0.543. The van der Waals surface area contributed by atoms with Gasteiger partial charge in [0.2, 0.25) is 0 Å².